The number of Topliss-reactive ketones (excluding diaryl/α,β-unsaturated/α-hetero) is 1. The number of benzene rings is 2. The number of ketones is 1. The highest BCUT2D eigenvalue weighted by Crippen LogP contribution is 2.43. The number of amides is 1. The van der Waals surface area contributed by atoms with Crippen molar-refractivity contribution < 1.29 is 28.9 Å². The number of likely N-dealkylation sites (tertiary alicyclic amines) is 1. The molecule has 3 heterocycles. The quantitative estimate of drug-likeness (QED) is 0.162. The van der Waals surface area contributed by atoms with E-state index in [1.54, 1.807) is 48.9 Å². The maximum atomic E-state index is 13.5. The molecule has 2 aliphatic rings. The molecule has 5 rings (SSSR count). The zero-order valence-corrected chi connectivity index (χ0v) is 22.7. The van der Waals surface area contributed by atoms with Gasteiger partial charge in [-0.25, -0.2) is 4.98 Å². The van der Waals surface area contributed by atoms with Gasteiger partial charge in [-0.15, -0.1) is 0 Å². The molecular formula is C31H33N3O6. The first-order valence-corrected chi connectivity index (χ1v) is 13.5. The monoisotopic (exact) mass is 543 g/mol. The first-order valence-electron chi connectivity index (χ1n) is 13.5. The lowest BCUT2D eigenvalue weighted by Crippen LogP contribution is -2.31. The Morgan fingerprint density at radius 2 is 2.02 bits per heavy atom. The van der Waals surface area contributed by atoms with Gasteiger partial charge in [-0.2, -0.15) is 0 Å². The molecule has 3 aromatic rings. The Balaban J connectivity index is 1.56. The Morgan fingerprint density at radius 1 is 1.18 bits per heavy atom. The number of aliphatic hydroxyl groups excluding tert-OH is 1. The third-order valence-electron chi connectivity index (χ3n) is 7.02. The van der Waals surface area contributed by atoms with Gasteiger partial charge < -0.3 is 28.8 Å². The Bertz CT molecular complexity index is 1450. The summed E-state index contributed by atoms with van der Waals surface area (Å²) < 4.78 is 19.3. The maximum absolute atomic E-state index is 13.5. The summed E-state index contributed by atoms with van der Waals surface area (Å²) in [7, 11) is 0. The number of aromatic nitrogens is 2. The number of carbonyl (C=O) groups is 2. The van der Waals surface area contributed by atoms with E-state index in [0.29, 0.717) is 61.8 Å². The van der Waals surface area contributed by atoms with Crippen LogP contribution in [0, 0.1) is 0 Å². The fourth-order valence-corrected chi connectivity index (χ4v) is 5.26. The van der Waals surface area contributed by atoms with Gasteiger partial charge in [-0.3, -0.25) is 9.59 Å². The highest BCUT2D eigenvalue weighted by Gasteiger charge is 2.46. The number of aliphatic hydroxyl groups is 1. The summed E-state index contributed by atoms with van der Waals surface area (Å²) in [6, 6.07) is 9.85. The second-order valence-electron chi connectivity index (χ2n) is 9.84. The molecule has 1 fully saturated rings. The molecule has 1 saturated heterocycles. The fourth-order valence-electron chi connectivity index (χ4n) is 5.26. The molecular weight excluding hydrogens is 510 g/mol. The van der Waals surface area contributed by atoms with Gasteiger partial charge >= 0.3 is 0 Å². The second kappa shape index (κ2) is 11.7. The van der Waals surface area contributed by atoms with Crippen LogP contribution in [0.15, 0.2) is 73.3 Å². The largest absolute Gasteiger partial charge is 0.507 e. The molecule has 0 aliphatic carbocycles. The van der Waals surface area contributed by atoms with Gasteiger partial charge in [-0.1, -0.05) is 18.7 Å². The van der Waals surface area contributed by atoms with Crippen molar-refractivity contribution in [1.82, 2.24) is 14.5 Å². The molecule has 9 nitrogen and oxygen atoms in total. The van der Waals surface area contributed by atoms with Gasteiger partial charge in [0.1, 0.15) is 24.2 Å². The number of nitrogens with zero attached hydrogens (tertiary/aromatic N) is 3. The zero-order chi connectivity index (χ0) is 28.2. The summed E-state index contributed by atoms with van der Waals surface area (Å²) in [4.78, 5) is 32.5. The first-order chi connectivity index (χ1) is 19.4. The molecule has 40 heavy (non-hydrogen) atoms. The lowest BCUT2D eigenvalue weighted by molar-refractivity contribution is -0.139. The molecule has 208 valence electrons. The van der Waals surface area contributed by atoms with E-state index in [0.717, 1.165) is 11.3 Å². The van der Waals surface area contributed by atoms with E-state index in [1.807, 2.05) is 30.7 Å². The van der Waals surface area contributed by atoms with E-state index >= 15 is 0 Å². The number of hydrogen-bond donors (Lipinski definition) is 1. The van der Waals surface area contributed by atoms with E-state index in [-0.39, 0.29) is 17.4 Å². The Morgan fingerprint density at radius 3 is 2.77 bits per heavy atom. The number of imidazole rings is 1. The van der Waals surface area contributed by atoms with Crippen molar-refractivity contribution >= 4 is 17.4 Å². The molecule has 0 spiro atoms. The van der Waals surface area contributed by atoms with E-state index in [2.05, 4.69) is 11.6 Å². The van der Waals surface area contributed by atoms with E-state index < -0.39 is 17.7 Å². The van der Waals surface area contributed by atoms with Gasteiger partial charge in [0.15, 0.2) is 11.5 Å². The van der Waals surface area contributed by atoms with Crippen molar-refractivity contribution in [3.63, 3.8) is 0 Å². The lowest BCUT2D eigenvalue weighted by atomic mass is 9.94. The molecule has 2 aliphatic heterocycles. The van der Waals surface area contributed by atoms with Crippen molar-refractivity contribution in [2.24, 2.45) is 0 Å². The average molecular weight is 544 g/mol. The highest BCUT2D eigenvalue weighted by atomic mass is 16.5. The molecule has 1 N–H and O–H groups in total. The third-order valence-corrected chi connectivity index (χ3v) is 7.02. The highest BCUT2D eigenvalue weighted by molar-refractivity contribution is 6.46. The average Bonchev–Trinajstić information content (AvgIpc) is 3.66. The van der Waals surface area contributed by atoms with Crippen molar-refractivity contribution in [2.45, 2.75) is 45.4 Å². The summed E-state index contributed by atoms with van der Waals surface area (Å²) in [6.45, 7) is 9.16. The van der Waals surface area contributed by atoms with Crippen LogP contribution in [0.4, 0.5) is 0 Å². The second-order valence-corrected chi connectivity index (χ2v) is 9.84. The smallest absolute Gasteiger partial charge is 0.295 e. The van der Waals surface area contributed by atoms with Crippen LogP contribution in [-0.2, 0) is 22.6 Å². The van der Waals surface area contributed by atoms with Crippen molar-refractivity contribution in [1.29, 1.82) is 0 Å². The molecule has 2 aromatic carbocycles. The summed E-state index contributed by atoms with van der Waals surface area (Å²) in [5, 5.41) is 11.5. The van der Waals surface area contributed by atoms with Crippen LogP contribution in [0.25, 0.3) is 5.76 Å². The predicted octanol–water partition coefficient (Wildman–Crippen LogP) is 4.68. The molecule has 0 bridgehead atoms. The van der Waals surface area contributed by atoms with E-state index in [9.17, 15) is 14.7 Å². The molecule has 0 radical (unpaired) electrons. The Hall–Kier alpha value is -4.53. The number of fused-ring (bicyclic) bond motifs is 1. The minimum atomic E-state index is -0.807. The van der Waals surface area contributed by atoms with Gasteiger partial charge in [0.25, 0.3) is 11.7 Å². The first kappa shape index (κ1) is 27.1. The van der Waals surface area contributed by atoms with Crippen LogP contribution < -0.4 is 14.2 Å². The standard InChI is InChI=1S/C31H33N3O6/c1-4-15-39-25-10-7-21(18-26(25)38-5-2)28-27(29(35)22-8-9-24-23(17-22)16-20(3)40-24)30(36)31(37)34(28)13-6-12-33-14-11-32-19-33/h4,7-11,14,17-20,28,35H,1,5-6,12-13,15-16H2,2-3H3/t20-,28+/m1/s1. The van der Waals surface area contributed by atoms with Gasteiger partial charge in [0.05, 0.1) is 24.5 Å². The topological polar surface area (TPSA) is 103 Å². The number of aryl methyl sites for hydroxylation is 1. The number of ether oxygens (including phenoxy) is 3. The van der Waals surface area contributed by atoms with E-state index in [1.165, 1.54) is 4.90 Å². The molecule has 1 aromatic heterocycles. The number of rotatable bonds is 11. The summed E-state index contributed by atoms with van der Waals surface area (Å²) >= 11 is 0. The van der Waals surface area contributed by atoms with Crippen LogP contribution in [-0.4, -0.2) is 57.1 Å². The molecule has 2 atom stereocenters. The SMILES string of the molecule is C=CCOc1ccc([C@H]2C(=C(O)c3ccc4c(c3)C[C@@H](C)O4)C(=O)C(=O)N2CCCn2ccnc2)cc1OCC. The molecule has 1 amide bonds. The van der Waals surface area contributed by atoms with Gasteiger partial charge in [-0.05, 0) is 61.7 Å². The van der Waals surface area contributed by atoms with Crippen LogP contribution in [0.3, 0.4) is 0 Å². The molecule has 0 unspecified atom stereocenters. The van der Waals surface area contributed by atoms with Crippen LogP contribution in [0.5, 0.6) is 17.2 Å². The van der Waals surface area contributed by atoms with Gasteiger partial charge in [0, 0.05) is 37.5 Å². The third kappa shape index (κ3) is 5.32. The Kier molecular flexibility index (Phi) is 7.91. The minimum Gasteiger partial charge on any atom is -0.507 e. The van der Waals surface area contributed by atoms with Crippen molar-refractivity contribution in [3.05, 3.63) is 90.0 Å². The lowest BCUT2D eigenvalue weighted by Gasteiger charge is -2.26. The van der Waals surface area contributed by atoms with Crippen molar-refractivity contribution in [2.75, 3.05) is 19.8 Å². The number of carbonyl (C=O) groups excluding carboxylic acids is 2. The van der Waals surface area contributed by atoms with Gasteiger partial charge in [0.2, 0.25) is 0 Å². The van der Waals surface area contributed by atoms with Crippen LogP contribution in [0.2, 0.25) is 0 Å². The summed E-state index contributed by atoms with van der Waals surface area (Å²) in [5.74, 6) is 0.176. The normalized spacial score (nSPS) is 19.4. The zero-order valence-electron chi connectivity index (χ0n) is 22.7. The molecule has 0 saturated carbocycles. The summed E-state index contributed by atoms with van der Waals surface area (Å²) in [6.07, 6.45) is 8.22. The summed E-state index contributed by atoms with van der Waals surface area (Å²) in [5.41, 5.74) is 2.09. The maximum Gasteiger partial charge on any atom is 0.295 e. The van der Waals surface area contributed by atoms with Crippen LogP contribution >= 0.6 is 0 Å². The van der Waals surface area contributed by atoms with Crippen LogP contribution in [0.1, 0.15) is 43.0 Å². The van der Waals surface area contributed by atoms with Crippen molar-refractivity contribution in [3.8, 4) is 17.2 Å². The number of hydrogen-bond acceptors (Lipinski definition) is 7. The molecule has 9 heteroatoms. The predicted molar refractivity (Wildman–Crippen MR) is 149 cm³/mol. The Labute approximate surface area is 233 Å². The minimum absolute atomic E-state index is 0.0345. The van der Waals surface area contributed by atoms with E-state index in [4.69, 9.17) is 14.2 Å². The fraction of sp³-hybridized carbons (Fsp3) is 0.323.